The molecular weight excluding hydrogens is 292 g/mol. The molecule has 1 aliphatic rings. The molecule has 0 bridgehead atoms. The third kappa shape index (κ3) is 5.67. The second kappa shape index (κ2) is 7.59. The van der Waals surface area contributed by atoms with Gasteiger partial charge in [-0.15, -0.1) is 0 Å². The Morgan fingerprint density at radius 1 is 1.26 bits per heavy atom. The third-order valence-corrected chi connectivity index (χ3v) is 4.21. The molecule has 0 radical (unpaired) electrons. The Balaban J connectivity index is 1.97. The minimum Gasteiger partial charge on any atom is -0.481 e. The van der Waals surface area contributed by atoms with Crippen molar-refractivity contribution in [1.29, 1.82) is 0 Å². The standard InChI is InChI=1S/C18H26N2O3/c1-18(2,9-8-16(21)22)19-17(23)15-7-5-6-14(12-15)13-20-10-3-4-11-20/h5-7,12H,3-4,8-11,13H2,1-2H3,(H,19,23)(H,21,22). The van der Waals surface area contributed by atoms with Gasteiger partial charge in [-0.05, 0) is 63.9 Å². The van der Waals surface area contributed by atoms with Gasteiger partial charge in [-0.2, -0.15) is 0 Å². The largest absolute Gasteiger partial charge is 0.481 e. The maximum Gasteiger partial charge on any atom is 0.303 e. The van der Waals surface area contributed by atoms with E-state index in [1.165, 1.54) is 12.8 Å². The van der Waals surface area contributed by atoms with E-state index < -0.39 is 11.5 Å². The first-order valence-electron chi connectivity index (χ1n) is 8.21. The topological polar surface area (TPSA) is 69.6 Å². The molecule has 2 N–H and O–H groups in total. The Labute approximate surface area is 137 Å². The van der Waals surface area contributed by atoms with E-state index in [2.05, 4.69) is 10.2 Å². The molecule has 0 spiro atoms. The molecule has 1 saturated heterocycles. The molecule has 1 fully saturated rings. The number of nitrogens with zero attached hydrogens (tertiary/aromatic N) is 1. The van der Waals surface area contributed by atoms with Gasteiger partial charge in [0.15, 0.2) is 0 Å². The lowest BCUT2D eigenvalue weighted by Crippen LogP contribution is -2.43. The summed E-state index contributed by atoms with van der Waals surface area (Å²) in [5.41, 5.74) is 1.23. The number of amides is 1. The second-order valence-electron chi connectivity index (χ2n) is 6.92. The van der Waals surface area contributed by atoms with Gasteiger partial charge in [0, 0.05) is 24.1 Å². The molecule has 0 aromatic heterocycles. The summed E-state index contributed by atoms with van der Waals surface area (Å²) in [5.74, 6) is -0.997. The highest BCUT2D eigenvalue weighted by molar-refractivity contribution is 5.94. The highest BCUT2D eigenvalue weighted by Crippen LogP contribution is 2.16. The zero-order valence-corrected chi connectivity index (χ0v) is 14.0. The molecule has 0 aliphatic carbocycles. The quantitative estimate of drug-likeness (QED) is 0.811. The smallest absolute Gasteiger partial charge is 0.303 e. The van der Waals surface area contributed by atoms with Crippen LogP contribution in [0.4, 0.5) is 0 Å². The Kier molecular flexibility index (Phi) is 5.77. The third-order valence-electron chi connectivity index (χ3n) is 4.21. The van der Waals surface area contributed by atoms with Gasteiger partial charge < -0.3 is 10.4 Å². The van der Waals surface area contributed by atoms with Gasteiger partial charge >= 0.3 is 5.97 Å². The summed E-state index contributed by atoms with van der Waals surface area (Å²) in [5, 5.41) is 11.7. The number of nitrogens with one attached hydrogen (secondary N) is 1. The van der Waals surface area contributed by atoms with E-state index in [-0.39, 0.29) is 12.3 Å². The van der Waals surface area contributed by atoms with Crippen molar-refractivity contribution < 1.29 is 14.7 Å². The fraction of sp³-hybridized carbons (Fsp3) is 0.556. The Hall–Kier alpha value is -1.88. The van der Waals surface area contributed by atoms with Crippen LogP contribution in [0.1, 0.15) is 55.5 Å². The average Bonchev–Trinajstić information content (AvgIpc) is 2.98. The van der Waals surface area contributed by atoms with Crippen molar-refractivity contribution in [1.82, 2.24) is 10.2 Å². The molecule has 2 rings (SSSR count). The summed E-state index contributed by atoms with van der Waals surface area (Å²) in [6.45, 7) is 6.82. The molecule has 1 heterocycles. The van der Waals surface area contributed by atoms with Crippen molar-refractivity contribution in [3.8, 4) is 0 Å². The predicted molar refractivity (Wildman–Crippen MR) is 89.4 cm³/mol. The lowest BCUT2D eigenvalue weighted by molar-refractivity contribution is -0.137. The molecule has 1 aromatic carbocycles. The maximum atomic E-state index is 12.4. The van der Waals surface area contributed by atoms with Gasteiger partial charge in [-0.1, -0.05) is 12.1 Å². The van der Waals surface area contributed by atoms with Gasteiger partial charge in [0.05, 0.1) is 0 Å². The lowest BCUT2D eigenvalue weighted by Gasteiger charge is -2.26. The molecule has 0 saturated carbocycles. The van der Waals surface area contributed by atoms with Crippen LogP contribution in [0, 0.1) is 0 Å². The number of benzene rings is 1. The van der Waals surface area contributed by atoms with Gasteiger partial charge in [-0.25, -0.2) is 0 Å². The highest BCUT2D eigenvalue weighted by Gasteiger charge is 2.22. The van der Waals surface area contributed by atoms with E-state index in [0.717, 1.165) is 25.2 Å². The van der Waals surface area contributed by atoms with Crippen molar-refractivity contribution in [3.05, 3.63) is 35.4 Å². The first kappa shape index (κ1) is 17.5. The normalized spacial score (nSPS) is 15.6. The summed E-state index contributed by atoms with van der Waals surface area (Å²) in [7, 11) is 0. The molecule has 5 heteroatoms. The number of carbonyl (C=O) groups excluding carboxylic acids is 1. The SMILES string of the molecule is CC(C)(CCC(=O)O)NC(=O)c1cccc(CN2CCCC2)c1. The summed E-state index contributed by atoms with van der Waals surface area (Å²) in [6, 6.07) is 7.69. The van der Waals surface area contributed by atoms with E-state index in [1.807, 2.05) is 32.0 Å². The van der Waals surface area contributed by atoms with Crippen molar-refractivity contribution in [3.63, 3.8) is 0 Å². The molecule has 126 valence electrons. The van der Waals surface area contributed by atoms with Crippen molar-refractivity contribution in [2.75, 3.05) is 13.1 Å². The van der Waals surface area contributed by atoms with Crippen LogP contribution in [-0.4, -0.2) is 40.5 Å². The summed E-state index contributed by atoms with van der Waals surface area (Å²) < 4.78 is 0. The molecule has 1 amide bonds. The first-order chi connectivity index (χ1) is 10.9. The monoisotopic (exact) mass is 318 g/mol. The van der Waals surface area contributed by atoms with E-state index in [9.17, 15) is 9.59 Å². The Bertz CT molecular complexity index is 563. The zero-order valence-electron chi connectivity index (χ0n) is 14.0. The molecule has 5 nitrogen and oxygen atoms in total. The average molecular weight is 318 g/mol. The Morgan fingerprint density at radius 2 is 1.96 bits per heavy atom. The number of aliphatic carboxylic acids is 1. The minimum atomic E-state index is -0.847. The number of carboxylic acid groups (broad SMARTS) is 1. The number of carboxylic acids is 1. The van der Waals surface area contributed by atoms with Crippen molar-refractivity contribution >= 4 is 11.9 Å². The number of carbonyl (C=O) groups is 2. The fourth-order valence-corrected chi connectivity index (χ4v) is 2.87. The van der Waals surface area contributed by atoms with Gasteiger partial charge in [-0.3, -0.25) is 14.5 Å². The van der Waals surface area contributed by atoms with Crippen molar-refractivity contribution in [2.24, 2.45) is 0 Å². The van der Waals surface area contributed by atoms with Crippen molar-refractivity contribution in [2.45, 2.75) is 51.6 Å². The van der Waals surface area contributed by atoms with Crippen LogP contribution in [0.3, 0.4) is 0 Å². The van der Waals surface area contributed by atoms with E-state index >= 15 is 0 Å². The molecule has 0 atom stereocenters. The summed E-state index contributed by atoms with van der Waals surface area (Å²) >= 11 is 0. The van der Waals surface area contributed by atoms with E-state index in [4.69, 9.17) is 5.11 Å². The fourth-order valence-electron chi connectivity index (χ4n) is 2.87. The second-order valence-corrected chi connectivity index (χ2v) is 6.92. The molecule has 1 aliphatic heterocycles. The highest BCUT2D eigenvalue weighted by atomic mass is 16.4. The molecular formula is C18H26N2O3. The number of hydrogen-bond donors (Lipinski definition) is 2. The zero-order chi connectivity index (χ0) is 16.9. The maximum absolute atomic E-state index is 12.4. The summed E-state index contributed by atoms with van der Waals surface area (Å²) in [6.07, 6.45) is 2.94. The summed E-state index contributed by atoms with van der Waals surface area (Å²) in [4.78, 5) is 25.5. The number of likely N-dealkylation sites (tertiary alicyclic amines) is 1. The number of rotatable bonds is 7. The Morgan fingerprint density at radius 3 is 2.61 bits per heavy atom. The van der Waals surface area contributed by atoms with Crippen LogP contribution in [0.2, 0.25) is 0 Å². The van der Waals surface area contributed by atoms with Crippen LogP contribution in [0.15, 0.2) is 24.3 Å². The lowest BCUT2D eigenvalue weighted by atomic mass is 9.97. The van der Waals surface area contributed by atoms with E-state index in [0.29, 0.717) is 12.0 Å². The van der Waals surface area contributed by atoms with Gasteiger partial charge in [0.25, 0.3) is 5.91 Å². The number of hydrogen-bond acceptors (Lipinski definition) is 3. The van der Waals surface area contributed by atoms with Crippen LogP contribution in [-0.2, 0) is 11.3 Å². The predicted octanol–water partition coefficient (Wildman–Crippen LogP) is 2.66. The van der Waals surface area contributed by atoms with Crippen LogP contribution in [0.25, 0.3) is 0 Å². The van der Waals surface area contributed by atoms with Crippen LogP contribution in [0.5, 0.6) is 0 Å². The minimum absolute atomic E-state index is 0.0439. The first-order valence-corrected chi connectivity index (χ1v) is 8.21. The van der Waals surface area contributed by atoms with Crippen LogP contribution < -0.4 is 5.32 Å². The molecule has 1 aromatic rings. The van der Waals surface area contributed by atoms with Crippen LogP contribution >= 0.6 is 0 Å². The van der Waals surface area contributed by atoms with E-state index in [1.54, 1.807) is 6.07 Å². The van der Waals surface area contributed by atoms with Gasteiger partial charge in [0.1, 0.15) is 0 Å². The molecule has 23 heavy (non-hydrogen) atoms. The molecule has 0 unspecified atom stereocenters. The van der Waals surface area contributed by atoms with Gasteiger partial charge in [0.2, 0.25) is 0 Å².